The zero-order valence-electron chi connectivity index (χ0n) is 9.69. The highest BCUT2D eigenvalue weighted by Gasteiger charge is 2.15. The van der Waals surface area contributed by atoms with Gasteiger partial charge in [0.2, 0.25) is 5.88 Å². The summed E-state index contributed by atoms with van der Waals surface area (Å²) in [6.07, 6.45) is 1.50. The van der Waals surface area contributed by atoms with Crippen molar-refractivity contribution in [3.8, 4) is 5.88 Å². The van der Waals surface area contributed by atoms with Crippen LogP contribution in [0.5, 0.6) is 5.88 Å². The number of anilines is 1. The Bertz CT molecular complexity index is 517. The van der Waals surface area contributed by atoms with Crippen LogP contribution in [0.2, 0.25) is 0 Å². The summed E-state index contributed by atoms with van der Waals surface area (Å²) in [6.45, 7) is 5.94. The Hall–Kier alpha value is -1.84. The Balaban J connectivity index is 2.56. The van der Waals surface area contributed by atoms with E-state index < -0.39 is 0 Å². The second-order valence-electron chi connectivity index (χ2n) is 4.67. The predicted octanol–water partition coefficient (Wildman–Crippen LogP) is 2.39. The van der Waals surface area contributed by atoms with Gasteiger partial charge in [0.25, 0.3) is 0 Å². The summed E-state index contributed by atoms with van der Waals surface area (Å²) in [5, 5.41) is 0.845. The van der Waals surface area contributed by atoms with Crippen molar-refractivity contribution in [3.05, 3.63) is 24.5 Å². The molecule has 1 aromatic carbocycles. The first kappa shape index (κ1) is 10.7. The fourth-order valence-corrected chi connectivity index (χ4v) is 1.42. The van der Waals surface area contributed by atoms with Gasteiger partial charge in [0.1, 0.15) is 11.9 Å². The van der Waals surface area contributed by atoms with Crippen LogP contribution in [0.3, 0.4) is 0 Å². The van der Waals surface area contributed by atoms with E-state index in [0.29, 0.717) is 11.6 Å². The Labute approximate surface area is 94.5 Å². The van der Waals surface area contributed by atoms with Crippen LogP contribution < -0.4 is 10.5 Å². The van der Waals surface area contributed by atoms with E-state index in [9.17, 15) is 0 Å². The first-order valence-electron chi connectivity index (χ1n) is 5.15. The van der Waals surface area contributed by atoms with E-state index in [-0.39, 0.29) is 5.60 Å². The maximum absolute atomic E-state index is 5.76. The molecular formula is C12H15N3O. The largest absolute Gasteiger partial charge is 0.471 e. The molecule has 0 bridgehead atoms. The van der Waals surface area contributed by atoms with E-state index in [1.165, 1.54) is 6.33 Å². The number of nitrogens with two attached hydrogens (primary N) is 1. The molecule has 0 unspecified atom stereocenters. The second kappa shape index (κ2) is 3.63. The molecule has 0 saturated carbocycles. The highest BCUT2D eigenvalue weighted by atomic mass is 16.5. The lowest BCUT2D eigenvalue weighted by atomic mass is 10.2. The lowest BCUT2D eigenvalue weighted by Gasteiger charge is -2.21. The Morgan fingerprint density at radius 1 is 1.19 bits per heavy atom. The SMILES string of the molecule is CC(C)(C)Oc1ncnc2ccc(N)cc12. The molecule has 0 amide bonds. The van der Waals surface area contributed by atoms with Gasteiger partial charge in [-0.2, -0.15) is 0 Å². The molecule has 1 heterocycles. The summed E-state index contributed by atoms with van der Waals surface area (Å²) in [6, 6.07) is 5.51. The number of hydrogen-bond donors (Lipinski definition) is 1. The van der Waals surface area contributed by atoms with E-state index in [0.717, 1.165) is 10.9 Å². The number of ether oxygens (including phenoxy) is 1. The molecule has 4 nitrogen and oxygen atoms in total. The monoisotopic (exact) mass is 217 g/mol. The average molecular weight is 217 g/mol. The fraction of sp³-hybridized carbons (Fsp3) is 0.333. The zero-order valence-corrected chi connectivity index (χ0v) is 9.69. The molecular weight excluding hydrogens is 202 g/mol. The minimum atomic E-state index is -0.286. The van der Waals surface area contributed by atoms with E-state index >= 15 is 0 Å². The maximum atomic E-state index is 5.76. The summed E-state index contributed by atoms with van der Waals surface area (Å²) in [7, 11) is 0. The molecule has 0 saturated heterocycles. The lowest BCUT2D eigenvalue weighted by Crippen LogP contribution is -2.23. The molecule has 2 N–H and O–H groups in total. The summed E-state index contributed by atoms with van der Waals surface area (Å²) in [5.41, 5.74) is 6.98. The molecule has 84 valence electrons. The van der Waals surface area contributed by atoms with E-state index in [1.54, 1.807) is 0 Å². The van der Waals surface area contributed by atoms with Gasteiger partial charge in [-0.25, -0.2) is 9.97 Å². The van der Waals surface area contributed by atoms with Crippen LogP contribution in [0.25, 0.3) is 10.9 Å². The third-order valence-electron chi connectivity index (χ3n) is 2.03. The van der Waals surface area contributed by atoms with Crippen molar-refractivity contribution < 1.29 is 4.74 Å². The van der Waals surface area contributed by atoms with E-state index in [1.807, 2.05) is 39.0 Å². The van der Waals surface area contributed by atoms with Gasteiger partial charge in [0.05, 0.1) is 10.9 Å². The Morgan fingerprint density at radius 3 is 2.62 bits per heavy atom. The molecule has 4 heteroatoms. The van der Waals surface area contributed by atoms with E-state index in [4.69, 9.17) is 10.5 Å². The number of benzene rings is 1. The number of hydrogen-bond acceptors (Lipinski definition) is 4. The standard InChI is InChI=1S/C12H15N3O/c1-12(2,3)16-11-9-6-8(13)4-5-10(9)14-7-15-11/h4-7H,13H2,1-3H3. The van der Waals surface area contributed by atoms with Crippen LogP contribution in [-0.2, 0) is 0 Å². The van der Waals surface area contributed by atoms with Crippen LogP contribution in [0, 0.1) is 0 Å². The first-order valence-corrected chi connectivity index (χ1v) is 5.15. The van der Waals surface area contributed by atoms with Crippen molar-refractivity contribution in [2.75, 3.05) is 5.73 Å². The Kier molecular flexibility index (Phi) is 2.42. The molecule has 0 aliphatic carbocycles. The van der Waals surface area contributed by atoms with Crippen molar-refractivity contribution in [2.45, 2.75) is 26.4 Å². The van der Waals surface area contributed by atoms with Gasteiger partial charge in [-0.1, -0.05) is 0 Å². The molecule has 0 aliphatic rings. The molecule has 2 aromatic rings. The van der Waals surface area contributed by atoms with Gasteiger partial charge in [0, 0.05) is 5.69 Å². The minimum absolute atomic E-state index is 0.286. The van der Waals surface area contributed by atoms with Gasteiger partial charge in [-0.3, -0.25) is 0 Å². The van der Waals surface area contributed by atoms with Gasteiger partial charge in [0.15, 0.2) is 0 Å². The van der Waals surface area contributed by atoms with Gasteiger partial charge in [-0.15, -0.1) is 0 Å². The predicted molar refractivity (Wildman–Crippen MR) is 64.3 cm³/mol. The quantitative estimate of drug-likeness (QED) is 0.745. The van der Waals surface area contributed by atoms with Crippen molar-refractivity contribution in [2.24, 2.45) is 0 Å². The number of nitrogen functional groups attached to an aromatic ring is 1. The van der Waals surface area contributed by atoms with Crippen molar-refractivity contribution in [3.63, 3.8) is 0 Å². The average Bonchev–Trinajstić information content (AvgIpc) is 2.17. The highest BCUT2D eigenvalue weighted by Crippen LogP contribution is 2.26. The van der Waals surface area contributed by atoms with E-state index in [2.05, 4.69) is 9.97 Å². The second-order valence-corrected chi connectivity index (χ2v) is 4.67. The number of aromatic nitrogens is 2. The van der Waals surface area contributed by atoms with Crippen molar-refractivity contribution in [1.82, 2.24) is 9.97 Å². The zero-order chi connectivity index (χ0) is 11.8. The number of nitrogens with zero attached hydrogens (tertiary/aromatic N) is 2. The van der Waals surface area contributed by atoms with Crippen LogP contribution in [0.1, 0.15) is 20.8 Å². The summed E-state index contributed by atoms with van der Waals surface area (Å²) in [5.74, 6) is 0.574. The lowest BCUT2D eigenvalue weighted by molar-refractivity contribution is 0.126. The van der Waals surface area contributed by atoms with Gasteiger partial charge in [-0.05, 0) is 39.0 Å². The fourth-order valence-electron chi connectivity index (χ4n) is 1.42. The van der Waals surface area contributed by atoms with Crippen LogP contribution in [0.15, 0.2) is 24.5 Å². The topological polar surface area (TPSA) is 61.0 Å². The normalized spacial score (nSPS) is 11.7. The Morgan fingerprint density at radius 2 is 1.94 bits per heavy atom. The number of rotatable bonds is 1. The van der Waals surface area contributed by atoms with Crippen LogP contribution in [0.4, 0.5) is 5.69 Å². The van der Waals surface area contributed by atoms with Crippen LogP contribution >= 0.6 is 0 Å². The molecule has 0 radical (unpaired) electrons. The summed E-state index contributed by atoms with van der Waals surface area (Å²) in [4.78, 5) is 8.31. The third-order valence-corrected chi connectivity index (χ3v) is 2.03. The van der Waals surface area contributed by atoms with Gasteiger partial charge < -0.3 is 10.5 Å². The molecule has 0 aliphatic heterocycles. The molecule has 1 aromatic heterocycles. The maximum Gasteiger partial charge on any atom is 0.225 e. The third kappa shape index (κ3) is 2.21. The summed E-state index contributed by atoms with van der Waals surface area (Å²) < 4.78 is 5.76. The minimum Gasteiger partial charge on any atom is -0.471 e. The molecule has 0 fully saturated rings. The molecule has 0 atom stereocenters. The molecule has 0 spiro atoms. The smallest absolute Gasteiger partial charge is 0.225 e. The highest BCUT2D eigenvalue weighted by molar-refractivity contribution is 5.86. The van der Waals surface area contributed by atoms with Crippen LogP contribution in [-0.4, -0.2) is 15.6 Å². The van der Waals surface area contributed by atoms with Crippen molar-refractivity contribution >= 4 is 16.6 Å². The summed E-state index contributed by atoms with van der Waals surface area (Å²) >= 11 is 0. The molecule has 2 rings (SSSR count). The number of fused-ring (bicyclic) bond motifs is 1. The van der Waals surface area contributed by atoms with Gasteiger partial charge >= 0.3 is 0 Å². The molecule has 16 heavy (non-hydrogen) atoms. The first-order chi connectivity index (χ1) is 7.46. The van der Waals surface area contributed by atoms with Crippen molar-refractivity contribution in [1.29, 1.82) is 0 Å².